The smallest absolute Gasteiger partial charge is 0.0897 e. The molecular weight excluding hydrogens is 194 g/mol. The van der Waals surface area contributed by atoms with E-state index in [-0.39, 0.29) is 12.6 Å². The normalized spacial score (nSPS) is 15.6. The minimum atomic E-state index is -0.468. The van der Waals surface area contributed by atoms with Crippen LogP contribution in [0.1, 0.15) is 27.2 Å². The molecule has 15 heavy (non-hydrogen) atoms. The predicted octanol–water partition coefficient (Wildman–Crippen LogP) is 0.380. The predicted molar refractivity (Wildman–Crippen MR) is 60.8 cm³/mol. The number of aliphatic hydroxyl groups is 2. The molecule has 0 aliphatic heterocycles. The molecule has 0 rings (SSSR count). The first-order valence-corrected chi connectivity index (χ1v) is 5.71. The van der Waals surface area contributed by atoms with E-state index in [1.54, 1.807) is 0 Å². The van der Waals surface area contributed by atoms with Crippen molar-refractivity contribution in [3.63, 3.8) is 0 Å². The molecule has 0 aromatic heterocycles. The summed E-state index contributed by atoms with van der Waals surface area (Å²) >= 11 is 0. The summed E-state index contributed by atoms with van der Waals surface area (Å²) in [6.45, 7) is 7.79. The lowest BCUT2D eigenvalue weighted by molar-refractivity contribution is 0.0399. The van der Waals surface area contributed by atoms with Gasteiger partial charge < -0.3 is 20.3 Å². The van der Waals surface area contributed by atoms with Gasteiger partial charge in [0.25, 0.3) is 0 Å². The zero-order valence-corrected chi connectivity index (χ0v) is 10.1. The highest BCUT2D eigenvalue weighted by Gasteiger charge is 2.13. The Morgan fingerprint density at radius 1 is 1.33 bits per heavy atom. The second kappa shape index (κ2) is 9.09. The summed E-state index contributed by atoms with van der Waals surface area (Å²) in [5.41, 5.74) is 0. The van der Waals surface area contributed by atoms with Crippen LogP contribution in [0, 0.1) is 5.92 Å². The summed E-state index contributed by atoms with van der Waals surface area (Å²) in [7, 11) is 0. The van der Waals surface area contributed by atoms with Crippen molar-refractivity contribution in [2.45, 2.75) is 39.3 Å². The number of hydrogen-bond donors (Lipinski definition) is 3. The summed E-state index contributed by atoms with van der Waals surface area (Å²) < 4.78 is 5.11. The number of ether oxygens (including phenoxy) is 1. The van der Waals surface area contributed by atoms with Gasteiger partial charge in [-0.15, -0.1) is 0 Å². The largest absolute Gasteiger partial charge is 0.396 e. The Balaban J connectivity index is 3.68. The quantitative estimate of drug-likeness (QED) is 0.525. The first kappa shape index (κ1) is 14.8. The lowest BCUT2D eigenvalue weighted by Crippen LogP contribution is -2.40. The Kier molecular flexibility index (Phi) is 9.00. The first-order valence-electron chi connectivity index (χ1n) is 5.71. The third-order valence-electron chi connectivity index (χ3n) is 2.37. The number of rotatable bonds is 9. The molecule has 0 aromatic carbocycles. The fourth-order valence-electron chi connectivity index (χ4n) is 1.41. The molecule has 0 amide bonds. The molecule has 0 spiro atoms. The van der Waals surface area contributed by atoms with E-state index in [1.165, 1.54) is 0 Å². The topological polar surface area (TPSA) is 61.7 Å². The monoisotopic (exact) mass is 219 g/mol. The molecule has 4 heteroatoms. The van der Waals surface area contributed by atoms with Gasteiger partial charge in [0.15, 0.2) is 0 Å². The summed E-state index contributed by atoms with van der Waals surface area (Å²) in [4.78, 5) is 0. The van der Waals surface area contributed by atoms with Gasteiger partial charge in [0.2, 0.25) is 0 Å². The van der Waals surface area contributed by atoms with Gasteiger partial charge in [0.05, 0.1) is 12.7 Å². The molecule has 0 fully saturated rings. The zero-order chi connectivity index (χ0) is 11.7. The van der Waals surface area contributed by atoms with Gasteiger partial charge in [-0.3, -0.25) is 0 Å². The molecular formula is C11H25NO3. The van der Waals surface area contributed by atoms with Gasteiger partial charge in [-0.2, -0.15) is 0 Å². The van der Waals surface area contributed by atoms with Gasteiger partial charge in [0, 0.05) is 25.8 Å². The molecule has 0 saturated heterocycles. The molecule has 92 valence electrons. The third kappa shape index (κ3) is 7.73. The molecule has 0 aromatic rings. The van der Waals surface area contributed by atoms with Crippen LogP contribution in [0.3, 0.4) is 0 Å². The molecule has 0 bridgehead atoms. The number of aliphatic hydroxyl groups excluding tert-OH is 2. The fourth-order valence-corrected chi connectivity index (χ4v) is 1.41. The average molecular weight is 219 g/mol. The standard InChI is InChI=1S/C11H25NO3/c1-4-15-8-10(14)7-12-11(5-6-13)9(2)3/h9-14H,4-8H2,1-3H3. The maximum absolute atomic E-state index is 9.53. The third-order valence-corrected chi connectivity index (χ3v) is 2.37. The Morgan fingerprint density at radius 2 is 2.00 bits per heavy atom. The van der Waals surface area contributed by atoms with Crippen LogP contribution in [0.5, 0.6) is 0 Å². The second-order valence-electron chi connectivity index (χ2n) is 4.08. The summed E-state index contributed by atoms with van der Waals surface area (Å²) in [6.07, 6.45) is 0.254. The van der Waals surface area contributed by atoms with Crippen LogP contribution < -0.4 is 5.32 Å². The fraction of sp³-hybridized carbons (Fsp3) is 1.00. The van der Waals surface area contributed by atoms with E-state index in [0.29, 0.717) is 25.7 Å². The summed E-state index contributed by atoms with van der Waals surface area (Å²) in [5, 5.41) is 21.6. The highest BCUT2D eigenvalue weighted by atomic mass is 16.5. The van der Waals surface area contributed by atoms with E-state index in [0.717, 1.165) is 6.42 Å². The van der Waals surface area contributed by atoms with E-state index in [9.17, 15) is 5.11 Å². The van der Waals surface area contributed by atoms with Gasteiger partial charge in [-0.25, -0.2) is 0 Å². The second-order valence-corrected chi connectivity index (χ2v) is 4.08. The van der Waals surface area contributed by atoms with Crippen molar-refractivity contribution in [3.8, 4) is 0 Å². The summed E-state index contributed by atoms with van der Waals surface area (Å²) in [6, 6.07) is 0.256. The summed E-state index contributed by atoms with van der Waals surface area (Å²) in [5.74, 6) is 0.455. The maximum atomic E-state index is 9.53. The zero-order valence-electron chi connectivity index (χ0n) is 10.1. The molecule has 0 radical (unpaired) electrons. The molecule has 2 unspecified atom stereocenters. The SMILES string of the molecule is CCOCC(O)CNC(CCO)C(C)C. The minimum absolute atomic E-state index is 0.178. The molecule has 0 heterocycles. The maximum Gasteiger partial charge on any atom is 0.0897 e. The lowest BCUT2D eigenvalue weighted by Gasteiger charge is -2.23. The Labute approximate surface area is 92.6 Å². The van der Waals surface area contributed by atoms with E-state index >= 15 is 0 Å². The van der Waals surface area contributed by atoms with Crippen LogP contribution in [0.15, 0.2) is 0 Å². The number of hydrogen-bond acceptors (Lipinski definition) is 4. The molecule has 0 aliphatic rings. The Hall–Kier alpha value is -0.160. The molecule has 3 N–H and O–H groups in total. The van der Waals surface area contributed by atoms with Gasteiger partial charge >= 0.3 is 0 Å². The van der Waals surface area contributed by atoms with Gasteiger partial charge in [0.1, 0.15) is 0 Å². The van der Waals surface area contributed by atoms with Crippen molar-refractivity contribution in [3.05, 3.63) is 0 Å². The van der Waals surface area contributed by atoms with Crippen LogP contribution in [-0.4, -0.2) is 48.7 Å². The number of nitrogens with one attached hydrogen (secondary N) is 1. The van der Waals surface area contributed by atoms with Crippen LogP contribution in [0.2, 0.25) is 0 Å². The lowest BCUT2D eigenvalue weighted by atomic mass is 10.0. The van der Waals surface area contributed by atoms with Crippen molar-refractivity contribution in [1.82, 2.24) is 5.32 Å². The molecule has 4 nitrogen and oxygen atoms in total. The van der Waals surface area contributed by atoms with Crippen molar-refractivity contribution >= 4 is 0 Å². The van der Waals surface area contributed by atoms with Gasteiger partial charge in [-0.1, -0.05) is 13.8 Å². The van der Waals surface area contributed by atoms with Crippen LogP contribution in [-0.2, 0) is 4.74 Å². The average Bonchev–Trinajstić information content (AvgIpc) is 2.20. The minimum Gasteiger partial charge on any atom is -0.396 e. The van der Waals surface area contributed by atoms with Crippen molar-refractivity contribution in [2.24, 2.45) is 5.92 Å². The van der Waals surface area contributed by atoms with E-state index in [2.05, 4.69) is 19.2 Å². The van der Waals surface area contributed by atoms with E-state index in [1.807, 2.05) is 6.92 Å². The van der Waals surface area contributed by atoms with Crippen molar-refractivity contribution < 1.29 is 14.9 Å². The molecule has 0 saturated carbocycles. The van der Waals surface area contributed by atoms with E-state index < -0.39 is 6.10 Å². The van der Waals surface area contributed by atoms with Crippen molar-refractivity contribution in [1.29, 1.82) is 0 Å². The Bertz CT molecular complexity index is 142. The molecule has 2 atom stereocenters. The van der Waals surface area contributed by atoms with E-state index in [4.69, 9.17) is 9.84 Å². The van der Waals surface area contributed by atoms with Crippen LogP contribution in [0.4, 0.5) is 0 Å². The van der Waals surface area contributed by atoms with Crippen LogP contribution in [0.25, 0.3) is 0 Å². The highest BCUT2D eigenvalue weighted by Crippen LogP contribution is 2.05. The Morgan fingerprint density at radius 3 is 2.47 bits per heavy atom. The molecule has 0 aliphatic carbocycles. The first-order chi connectivity index (χ1) is 7.11. The van der Waals surface area contributed by atoms with Crippen LogP contribution >= 0.6 is 0 Å². The van der Waals surface area contributed by atoms with Gasteiger partial charge in [-0.05, 0) is 19.3 Å². The highest BCUT2D eigenvalue weighted by molar-refractivity contribution is 4.72. The van der Waals surface area contributed by atoms with Crippen molar-refractivity contribution in [2.75, 3.05) is 26.4 Å².